The SMILES string of the molecule is Cc1cc(NC2CCN3CCCC23)cc([N+](=O)[O-])c1. The van der Waals surface area contributed by atoms with E-state index < -0.39 is 0 Å². The Morgan fingerprint density at radius 1 is 1.32 bits per heavy atom. The summed E-state index contributed by atoms with van der Waals surface area (Å²) < 4.78 is 0. The molecule has 1 N–H and O–H groups in total. The maximum Gasteiger partial charge on any atom is 0.271 e. The third-order valence-electron chi connectivity index (χ3n) is 4.23. The lowest BCUT2D eigenvalue weighted by molar-refractivity contribution is -0.384. The predicted molar refractivity (Wildman–Crippen MR) is 74.5 cm³/mol. The Bertz CT molecular complexity index is 503. The average molecular weight is 261 g/mol. The lowest BCUT2D eigenvalue weighted by atomic mass is 10.1. The van der Waals surface area contributed by atoms with E-state index in [9.17, 15) is 10.1 Å². The minimum absolute atomic E-state index is 0.170. The number of hydrogen-bond acceptors (Lipinski definition) is 4. The maximum atomic E-state index is 10.9. The summed E-state index contributed by atoms with van der Waals surface area (Å²) in [6.07, 6.45) is 3.65. The zero-order valence-electron chi connectivity index (χ0n) is 11.1. The molecule has 2 aliphatic rings. The van der Waals surface area contributed by atoms with Gasteiger partial charge < -0.3 is 5.32 Å². The van der Waals surface area contributed by atoms with Gasteiger partial charge in [-0.2, -0.15) is 0 Å². The summed E-state index contributed by atoms with van der Waals surface area (Å²) in [5.41, 5.74) is 1.98. The topological polar surface area (TPSA) is 58.4 Å². The average Bonchev–Trinajstić information content (AvgIpc) is 2.93. The van der Waals surface area contributed by atoms with Gasteiger partial charge in [-0.25, -0.2) is 0 Å². The lowest BCUT2D eigenvalue weighted by Crippen LogP contribution is -2.33. The Hall–Kier alpha value is -1.62. The highest BCUT2D eigenvalue weighted by atomic mass is 16.6. The molecule has 2 fully saturated rings. The second-order valence-electron chi connectivity index (χ2n) is 5.60. The summed E-state index contributed by atoms with van der Waals surface area (Å²) in [6.45, 7) is 4.25. The van der Waals surface area contributed by atoms with Gasteiger partial charge in [0.2, 0.25) is 0 Å². The number of hydrogen-bond donors (Lipinski definition) is 1. The van der Waals surface area contributed by atoms with Crippen molar-refractivity contribution in [1.29, 1.82) is 0 Å². The van der Waals surface area contributed by atoms with Gasteiger partial charge in [0.25, 0.3) is 5.69 Å². The van der Waals surface area contributed by atoms with Crippen LogP contribution in [0.25, 0.3) is 0 Å². The van der Waals surface area contributed by atoms with Crippen molar-refractivity contribution in [2.75, 3.05) is 18.4 Å². The van der Waals surface area contributed by atoms with Gasteiger partial charge in [0.1, 0.15) is 0 Å². The van der Waals surface area contributed by atoms with E-state index in [2.05, 4.69) is 10.2 Å². The highest BCUT2D eigenvalue weighted by Gasteiger charge is 2.37. The Morgan fingerprint density at radius 2 is 2.16 bits per heavy atom. The molecule has 102 valence electrons. The first-order chi connectivity index (χ1) is 9.13. The number of rotatable bonds is 3. The highest BCUT2D eigenvalue weighted by Crippen LogP contribution is 2.31. The van der Waals surface area contributed by atoms with Crippen LogP contribution in [-0.4, -0.2) is 35.0 Å². The number of non-ortho nitro benzene ring substituents is 1. The minimum atomic E-state index is -0.325. The third kappa shape index (κ3) is 2.42. The smallest absolute Gasteiger partial charge is 0.271 e. The largest absolute Gasteiger partial charge is 0.380 e. The molecule has 2 atom stereocenters. The van der Waals surface area contributed by atoms with Crippen LogP contribution in [0.2, 0.25) is 0 Å². The number of nitrogens with one attached hydrogen (secondary N) is 1. The fraction of sp³-hybridized carbons (Fsp3) is 0.571. The summed E-state index contributed by atoms with van der Waals surface area (Å²) in [4.78, 5) is 13.1. The zero-order valence-corrected chi connectivity index (χ0v) is 11.1. The van der Waals surface area contributed by atoms with Gasteiger partial charge in [-0.1, -0.05) is 0 Å². The number of nitro groups is 1. The summed E-state index contributed by atoms with van der Waals surface area (Å²) in [6, 6.07) is 6.29. The first-order valence-electron chi connectivity index (χ1n) is 6.90. The molecule has 1 aromatic rings. The van der Waals surface area contributed by atoms with E-state index in [4.69, 9.17) is 0 Å². The van der Waals surface area contributed by atoms with Crippen LogP contribution in [0.1, 0.15) is 24.8 Å². The summed E-state index contributed by atoms with van der Waals surface area (Å²) in [7, 11) is 0. The number of benzene rings is 1. The summed E-state index contributed by atoms with van der Waals surface area (Å²) >= 11 is 0. The first kappa shape index (κ1) is 12.4. The van der Waals surface area contributed by atoms with Gasteiger partial charge in [0.15, 0.2) is 0 Å². The van der Waals surface area contributed by atoms with Crippen LogP contribution in [0.15, 0.2) is 18.2 Å². The minimum Gasteiger partial charge on any atom is -0.380 e. The fourth-order valence-electron chi connectivity index (χ4n) is 3.42. The van der Waals surface area contributed by atoms with E-state index in [0.717, 1.165) is 24.2 Å². The molecule has 0 radical (unpaired) electrons. The van der Waals surface area contributed by atoms with Crippen LogP contribution in [0.3, 0.4) is 0 Å². The molecule has 0 bridgehead atoms. The molecule has 0 aliphatic carbocycles. The predicted octanol–water partition coefficient (Wildman–Crippen LogP) is 2.55. The molecule has 0 aromatic heterocycles. The Labute approximate surface area is 112 Å². The number of nitro benzene ring substituents is 1. The first-order valence-corrected chi connectivity index (χ1v) is 6.90. The van der Waals surface area contributed by atoms with E-state index in [1.807, 2.05) is 13.0 Å². The third-order valence-corrected chi connectivity index (χ3v) is 4.23. The van der Waals surface area contributed by atoms with Crippen molar-refractivity contribution in [2.24, 2.45) is 0 Å². The van der Waals surface area contributed by atoms with Gasteiger partial charge in [-0.05, 0) is 44.4 Å². The molecule has 2 unspecified atom stereocenters. The molecule has 19 heavy (non-hydrogen) atoms. The second-order valence-corrected chi connectivity index (χ2v) is 5.60. The second kappa shape index (κ2) is 4.81. The molecule has 1 aromatic carbocycles. The van der Waals surface area contributed by atoms with E-state index >= 15 is 0 Å². The van der Waals surface area contributed by atoms with Crippen LogP contribution in [0.5, 0.6) is 0 Å². The highest BCUT2D eigenvalue weighted by molar-refractivity contribution is 5.54. The molecule has 3 rings (SSSR count). The molecule has 0 amide bonds. The lowest BCUT2D eigenvalue weighted by Gasteiger charge is -2.22. The quantitative estimate of drug-likeness (QED) is 0.671. The zero-order chi connectivity index (χ0) is 13.4. The monoisotopic (exact) mass is 261 g/mol. The van der Waals surface area contributed by atoms with E-state index in [0.29, 0.717) is 12.1 Å². The maximum absolute atomic E-state index is 10.9. The summed E-state index contributed by atoms with van der Waals surface area (Å²) in [5.74, 6) is 0. The molecule has 0 spiro atoms. The Kier molecular flexibility index (Phi) is 3.14. The molecular weight excluding hydrogens is 242 g/mol. The van der Waals surface area contributed by atoms with Crippen molar-refractivity contribution in [1.82, 2.24) is 4.90 Å². The van der Waals surface area contributed by atoms with Gasteiger partial charge in [-0.3, -0.25) is 15.0 Å². The van der Waals surface area contributed by atoms with Crippen molar-refractivity contribution in [3.8, 4) is 0 Å². The van der Waals surface area contributed by atoms with Gasteiger partial charge in [0.05, 0.1) is 4.92 Å². The number of fused-ring (bicyclic) bond motifs is 1. The van der Waals surface area contributed by atoms with Gasteiger partial charge >= 0.3 is 0 Å². The number of nitrogens with zero attached hydrogens (tertiary/aromatic N) is 2. The van der Waals surface area contributed by atoms with E-state index in [-0.39, 0.29) is 10.6 Å². The molecule has 5 heteroatoms. The van der Waals surface area contributed by atoms with Crippen molar-refractivity contribution in [3.63, 3.8) is 0 Å². The fourth-order valence-corrected chi connectivity index (χ4v) is 3.42. The van der Waals surface area contributed by atoms with Crippen LogP contribution < -0.4 is 5.32 Å². The Morgan fingerprint density at radius 3 is 2.95 bits per heavy atom. The Balaban J connectivity index is 1.78. The van der Waals surface area contributed by atoms with Crippen molar-refractivity contribution in [3.05, 3.63) is 33.9 Å². The molecular formula is C14H19N3O2. The molecule has 0 saturated carbocycles. The van der Waals surface area contributed by atoms with Crippen LogP contribution in [0.4, 0.5) is 11.4 Å². The number of anilines is 1. The molecule has 2 aliphatic heterocycles. The van der Waals surface area contributed by atoms with Crippen molar-refractivity contribution >= 4 is 11.4 Å². The molecule has 2 heterocycles. The van der Waals surface area contributed by atoms with Gasteiger partial charge in [0, 0.05) is 36.4 Å². The van der Waals surface area contributed by atoms with Crippen LogP contribution in [-0.2, 0) is 0 Å². The standard InChI is InChI=1S/C14H19N3O2/c1-10-7-11(9-12(8-10)17(18)19)15-13-4-6-16-5-2-3-14(13)16/h7-9,13-15H,2-6H2,1H3. The molecule has 2 saturated heterocycles. The normalized spacial score (nSPS) is 26.4. The van der Waals surface area contributed by atoms with Crippen molar-refractivity contribution < 1.29 is 4.92 Å². The van der Waals surface area contributed by atoms with E-state index in [1.54, 1.807) is 12.1 Å². The van der Waals surface area contributed by atoms with E-state index in [1.165, 1.54) is 19.4 Å². The van der Waals surface area contributed by atoms with Crippen molar-refractivity contribution in [2.45, 2.75) is 38.3 Å². The summed E-state index contributed by atoms with van der Waals surface area (Å²) in [5, 5.41) is 14.4. The molecule has 5 nitrogen and oxygen atoms in total. The van der Waals surface area contributed by atoms with Crippen LogP contribution >= 0.6 is 0 Å². The van der Waals surface area contributed by atoms with Gasteiger partial charge in [-0.15, -0.1) is 0 Å². The number of aryl methyl sites for hydroxylation is 1. The van der Waals surface area contributed by atoms with Crippen LogP contribution in [0, 0.1) is 17.0 Å².